The van der Waals surface area contributed by atoms with Crippen molar-refractivity contribution in [1.29, 1.82) is 0 Å². The maximum absolute atomic E-state index is 12.1. The number of urea groups is 1. The van der Waals surface area contributed by atoms with Crippen molar-refractivity contribution >= 4 is 17.9 Å². The number of amides is 3. The first-order valence-corrected chi connectivity index (χ1v) is 9.04. The average molecular weight is 383 g/mol. The van der Waals surface area contributed by atoms with Gasteiger partial charge < -0.3 is 20.6 Å². The fraction of sp³-hybridized carbons (Fsp3) is 0.286. The summed E-state index contributed by atoms with van der Waals surface area (Å²) in [6, 6.07) is 17.4. The average Bonchev–Trinajstić information content (AvgIpc) is 2.69. The summed E-state index contributed by atoms with van der Waals surface area (Å²) in [4.78, 5) is 37.1. The number of carbonyl (C=O) groups is 3. The predicted octanol–water partition coefficient (Wildman–Crippen LogP) is 2.03. The third-order valence-corrected chi connectivity index (χ3v) is 4.15. The summed E-state index contributed by atoms with van der Waals surface area (Å²) in [5.74, 6) is -1.52. The Morgan fingerprint density at radius 2 is 1.54 bits per heavy atom. The molecule has 2 aromatic rings. The summed E-state index contributed by atoms with van der Waals surface area (Å²) in [5.41, 5.74) is 1.83. The number of carboxylic acids is 1. The maximum Gasteiger partial charge on any atom is 0.326 e. The van der Waals surface area contributed by atoms with Gasteiger partial charge in [-0.1, -0.05) is 60.7 Å². The van der Waals surface area contributed by atoms with E-state index in [1.165, 1.54) is 4.90 Å². The van der Waals surface area contributed by atoms with Crippen LogP contribution in [0.25, 0.3) is 0 Å². The molecule has 0 aliphatic rings. The summed E-state index contributed by atoms with van der Waals surface area (Å²) in [7, 11) is 1.67. The lowest BCUT2D eigenvalue weighted by Gasteiger charge is -2.18. The summed E-state index contributed by atoms with van der Waals surface area (Å²) < 4.78 is 0. The van der Waals surface area contributed by atoms with Crippen LogP contribution in [0.4, 0.5) is 4.79 Å². The van der Waals surface area contributed by atoms with Crippen LogP contribution in [0.15, 0.2) is 60.7 Å². The predicted molar refractivity (Wildman–Crippen MR) is 106 cm³/mol. The number of nitrogens with zero attached hydrogens (tertiary/aromatic N) is 1. The first kappa shape index (κ1) is 21.0. The highest BCUT2D eigenvalue weighted by Gasteiger charge is 2.20. The summed E-state index contributed by atoms with van der Waals surface area (Å²) in [5, 5.41) is 14.5. The van der Waals surface area contributed by atoms with E-state index < -0.39 is 17.9 Å². The standard InChI is InChI=1S/C21H25N3O4/c1-24(15-17-10-6-3-7-11-17)21(28)22-13-12-19(25)23-18(20(26)27)14-16-8-4-2-5-9-16/h2-11,18H,12-15H2,1H3,(H,22,28)(H,23,25)(H,26,27)/t18-/m0/s1. The molecule has 7 nitrogen and oxygen atoms in total. The van der Waals surface area contributed by atoms with Crippen molar-refractivity contribution in [2.45, 2.75) is 25.4 Å². The van der Waals surface area contributed by atoms with Crippen LogP contribution < -0.4 is 10.6 Å². The number of hydrogen-bond donors (Lipinski definition) is 3. The van der Waals surface area contributed by atoms with E-state index in [2.05, 4.69) is 10.6 Å². The Kier molecular flexibility index (Phi) is 8.02. The highest BCUT2D eigenvalue weighted by Crippen LogP contribution is 2.04. The normalized spacial score (nSPS) is 11.3. The molecule has 0 saturated heterocycles. The molecule has 2 rings (SSSR count). The van der Waals surface area contributed by atoms with Gasteiger partial charge in [-0.2, -0.15) is 0 Å². The first-order valence-electron chi connectivity index (χ1n) is 9.04. The third-order valence-electron chi connectivity index (χ3n) is 4.15. The van der Waals surface area contributed by atoms with Crippen LogP contribution >= 0.6 is 0 Å². The van der Waals surface area contributed by atoms with Crippen molar-refractivity contribution in [1.82, 2.24) is 15.5 Å². The molecule has 3 amide bonds. The molecule has 0 saturated carbocycles. The van der Waals surface area contributed by atoms with Crippen LogP contribution in [-0.4, -0.2) is 47.5 Å². The van der Waals surface area contributed by atoms with Gasteiger partial charge >= 0.3 is 12.0 Å². The molecule has 148 valence electrons. The monoisotopic (exact) mass is 383 g/mol. The molecule has 7 heteroatoms. The Morgan fingerprint density at radius 1 is 0.964 bits per heavy atom. The third kappa shape index (κ3) is 7.11. The van der Waals surface area contributed by atoms with Crippen LogP contribution in [0.5, 0.6) is 0 Å². The molecule has 0 aromatic heterocycles. The van der Waals surface area contributed by atoms with E-state index in [1.54, 1.807) is 7.05 Å². The van der Waals surface area contributed by atoms with E-state index in [0.717, 1.165) is 11.1 Å². The van der Waals surface area contributed by atoms with Crippen LogP contribution in [0.1, 0.15) is 17.5 Å². The first-order chi connectivity index (χ1) is 13.5. The number of carboxylic acid groups (broad SMARTS) is 1. The van der Waals surface area contributed by atoms with Gasteiger partial charge in [-0.3, -0.25) is 4.79 Å². The molecular formula is C21H25N3O4. The van der Waals surface area contributed by atoms with Crippen molar-refractivity contribution in [3.63, 3.8) is 0 Å². The van der Waals surface area contributed by atoms with Crippen LogP contribution in [-0.2, 0) is 22.6 Å². The van der Waals surface area contributed by atoms with Gasteiger partial charge in [0.05, 0.1) is 0 Å². The zero-order chi connectivity index (χ0) is 20.4. The fourth-order valence-electron chi connectivity index (χ4n) is 2.66. The molecule has 1 atom stereocenters. The molecule has 0 aliphatic heterocycles. The van der Waals surface area contributed by atoms with E-state index in [-0.39, 0.29) is 25.4 Å². The highest BCUT2D eigenvalue weighted by molar-refractivity contribution is 5.84. The van der Waals surface area contributed by atoms with Crippen LogP contribution in [0.2, 0.25) is 0 Å². The van der Waals surface area contributed by atoms with E-state index in [1.807, 2.05) is 60.7 Å². The molecule has 0 radical (unpaired) electrons. The second kappa shape index (κ2) is 10.7. The van der Waals surface area contributed by atoms with E-state index >= 15 is 0 Å². The SMILES string of the molecule is CN(Cc1ccccc1)C(=O)NCCC(=O)N[C@@H](Cc1ccccc1)C(=O)O. The van der Waals surface area contributed by atoms with Gasteiger partial charge in [0.2, 0.25) is 5.91 Å². The second-order valence-corrected chi connectivity index (χ2v) is 6.47. The number of rotatable bonds is 9. The van der Waals surface area contributed by atoms with Crippen molar-refractivity contribution in [3.05, 3.63) is 71.8 Å². The number of aliphatic carboxylic acids is 1. The van der Waals surface area contributed by atoms with Crippen molar-refractivity contribution in [3.8, 4) is 0 Å². The van der Waals surface area contributed by atoms with Gasteiger partial charge in [-0.25, -0.2) is 9.59 Å². The fourth-order valence-corrected chi connectivity index (χ4v) is 2.66. The Hall–Kier alpha value is -3.35. The minimum atomic E-state index is -1.09. The molecule has 0 unspecified atom stereocenters. The van der Waals surface area contributed by atoms with E-state index in [4.69, 9.17) is 0 Å². The molecule has 2 aromatic carbocycles. The lowest BCUT2D eigenvalue weighted by molar-refractivity contribution is -0.141. The molecule has 0 fully saturated rings. The number of hydrogen-bond acceptors (Lipinski definition) is 3. The summed E-state index contributed by atoms with van der Waals surface area (Å²) in [6.45, 7) is 0.582. The van der Waals surface area contributed by atoms with E-state index in [0.29, 0.717) is 6.54 Å². The molecule has 0 bridgehead atoms. The van der Waals surface area contributed by atoms with Crippen LogP contribution in [0, 0.1) is 0 Å². The Labute approximate surface area is 164 Å². The second-order valence-electron chi connectivity index (χ2n) is 6.47. The smallest absolute Gasteiger partial charge is 0.326 e. The minimum Gasteiger partial charge on any atom is -0.480 e. The number of nitrogens with one attached hydrogen (secondary N) is 2. The summed E-state index contributed by atoms with van der Waals surface area (Å²) in [6.07, 6.45) is 0.206. The van der Waals surface area contributed by atoms with Gasteiger partial charge in [0.15, 0.2) is 0 Å². The molecule has 0 spiro atoms. The topological polar surface area (TPSA) is 98.7 Å². The molecule has 0 aliphatic carbocycles. The van der Waals surface area contributed by atoms with Crippen LogP contribution in [0.3, 0.4) is 0 Å². The Balaban J connectivity index is 1.74. The van der Waals surface area contributed by atoms with E-state index in [9.17, 15) is 19.5 Å². The Morgan fingerprint density at radius 3 is 2.11 bits per heavy atom. The zero-order valence-electron chi connectivity index (χ0n) is 15.8. The largest absolute Gasteiger partial charge is 0.480 e. The quantitative estimate of drug-likeness (QED) is 0.617. The molecule has 3 N–H and O–H groups in total. The molecule has 0 heterocycles. The molecular weight excluding hydrogens is 358 g/mol. The Bertz CT molecular complexity index is 781. The zero-order valence-corrected chi connectivity index (χ0v) is 15.8. The lowest BCUT2D eigenvalue weighted by Crippen LogP contribution is -2.44. The van der Waals surface area contributed by atoms with Crippen molar-refractivity contribution < 1.29 is 19.5 Å². The maximum atomic E-state index is 12.1. The lowest BCUT2D eigenvalue weighted by atomic mass is 10.1. The van der Waals surface area contributed by atoms with Gasteiger partial charge in [0, 0.05) is 33.0 Å². The van der Waals surface area contributed by atoms with Gasteiger partial charge in [0.1, 0.15) is 6.04 Å². The highest BCUT2D eigenvalue weighted by atomic mass is 16.4. The number of carbonyl (C=O) groups excluding carboxylic acids is 2. The van der Waals surface area contributed by atoms with Gasteiger partial charge in [-0.05, 0) is 11.1 Å². The van der Waals surface area contributed by atoms with Gasteiger partial charge in [-0.15, -0.1) is 0 Å². The van der Waals surface area contributed by atoms with Gasteiger partial charge in [0.25, 0.3) is 0 Å². The minimum absolute atomic E-state index is 0.00346. The summed E-state index contributed by atoms with van der Waals surface area (Å²) >= 11 is 0. The number of benzene rings is 2. The molecule has 28 heavy (non-hydrogen) atoms. The van der Waals surface area contributed by atoms with Crippen molar-refractivity contribution in [2.24, 2.45) is 0 Å². The van der Waals surface area contributed by atoms with Crippen molar-refractivity contribution in [2.75, 3.05) is 13.6 Å².